The van der Waals surface area contributed by atoms with Gasteiger partial charge < -0.3 is 4.90 Å². The Bertz CT molecular complexity index is 587. The highest BCUT2D eigenvalue weighted by molar-refractivity contribution is 5.80. The summed E-state index contributed by atoms with van der Waals surface area (Å²) in [6.45, 7) is 4.03. The predicted molar refractivity (Wildman–Crippen MR) is 80.4 cm³/mol. The minimum absolute atomic E-state index is 0.0783. The SMILES string of the molecule is CCC(C(=O)N(C)C)n1cc(C)c(-c2ccccc2)n1. The first-order chi connectivity index (χ1) is 9.54. The Kier molecular flexibility index (Phi) is 4.23. The van der Waals surface area contributed by atoms with Crippen LogP contribution in [0.25, 0.3) is 11.3 Å². The molecule has 4 heteroatoms. The molecule has 0 saturated carbocycles. The number of aromatic nitrogens is 2. The Hall–Kier alpha value is -2.10. The summed E-state index contributed by atoms with van der Waals surface area (Å²) in [6, 6.07) is 9.82. The van der Waals surface area contributed by atoms with E-state index >= 15 is 0 Å². The molecule has 0 aliphatic heterocycles. The third-order valence-electron chi connectivity index (χ3n) is 3.39. The van der Waals surface area contributed by atoms with E-state index in [4.69, 9.17) is 0 Å². The lowest BCUT2D eigenvalue weighted by Gasteiger charge is -2.19. The van der Waals surface area contributed by atoms with Crippen molar-refractivity contribution in [3.63, 3.8) is 0 Å². The number of likely N-dealkylation sites (N-methyl/N-ethyl adjacent to an activating group) is 1. The summed E-state index contributed by atoms with van der Waals surface area (Å²) in [5, 5.41) is 4.62. The lowest BCUT2D eigenvalue weighted by atomic mass is 10.1. The zero-order valence-corrected chi connectivity index (χ0v) is 12.5. The molecular formula is C16H21N3O. The Morgan fingerprint density at radius 2 is 1.95 bits per heavy atom. The molecule has 0 spiro atoms. The van der Waals surface area contributed by atoms with Gasteiger partial charge in [0, 0.05) is 25.9 Å². The van der Waals surface area contributed by atoms with E-state index in [0.29, 0.717) is 0 Å². The van der Waals surface area contributed by atoms with Gasteiger partial charge >= 0.3 is 0 Å². The van der Waals surface area contributed by atoms with Crippen LogP contribution in [0.15, 0.2) is 36.5 Å². The van der Waals surface area contributed by atoms with Gasteiger partial charge in [-0.1, -0.05) is 37.3 Å². The fourth-order valence-corrected chi connectivity index (χ4v) is 2.30. The molecule has 1 unspecified atom stereocenters. The number of aryl methyl sites for hydroxylation is 1. The number of benzene rings is 1. The second kappa shape index (κ2) is 5.90. The van der Waals surface area contributed by atoms with Gasteiger partial charge in [-0.3, -0.25) is 9.48 Å². The number of rotatable bonds is 4. The van der Waals surface area contributed by atoms with E-state index in [9.17, 15) is 4.79 Å². The van der Waals surface area contributed by atoms with Crippen molar-refractivity contribution >= 4 is 5.91 Å². The number of amides is 1. The van der Waals surface area contributed by atoms with Gasteiger partial charge in [0.25, 0.3) is 0 Å². The molecule has 0 aliphatic rings. The summed E-state index contributed by atoms with van der Waals surface area (Å²) < 4.78 is 1.79. The highest BCUT2D eigenvalue weighted by Crippen LogP contribution is 2.24. The van der Waals surface area contributed by atoms with Crippen molar-refractivity contribution in [2.45, 2.75) is 26.3 Å². The molecule has 1 heterocycles. The van der Waals surface area contributed by atoms with E-state index in [0.717, 1.165) is 23.2 Å². The van der Waals surface area contributed by atoms with E-state index in [1.54, 1.807) is 23.7 Å². The van der Waals surface area contributed by atoms with Gasteiger partial charge in [0.05, 0.1) is 5.69 Å². The first-order valence-corrected chi connectivity index (χ1v) is 6.87. The monoisotopic (exact) mass is 271 g/mol. The van der Waals surface area contributed by atoms with Crippen LogP contribution < -0.4 is 0 Å². The number of hydrogen-bond acceptors (Lipinski definition) is 2. The molecular weight excluding hydrogens is 250 g/mol. The second-order valence-corrected chi connectivity index (χ2v) is 5.16. The molecule has 2 rings (SSSR count). The van der Waals surface area contributed by atoms with Gasteiger partial charge in [-0.05, 0) is 18.9 Å². The molecule has 1 aromatic heterocycles. The fraction of sp³-hybridized carbons (Fsp3) is 0.375. The first kappa shape index (κ1) is 14.3. The molecule has 0 radical (unpaired) electrons. The van der Waals surface area contributed by atoms with Crippen molar-refractivity contribution in [2.75, 3.05) is 14.1 Å². The maximum absolute atomic E-state index is 12.2. The molecule has 0 fully saturated rings. The third-order valence-corrected chi connectivity index (χ3v) is 3.39. The molecule has 2 aromatic rings. The minimum atomic E-state index is -0.235. The van der Waals surface area contributed by atoms with Crippen molar-refractivity contribution < 1.29 is 4.79 Å². The fourth-order valence-electron chi connectivity index (χ4n) is 2.30. The number of carbonyl (C=O) groups excluding carboxylic acids is 1. The van der Waals surface area contributed by atoms with Gasteiger partial charge in [-0.25, -0.2) is 0 Å². The minimum Gasteiger partial charge on any atom is -0.347 e. The maximum Gasteiger partial charge on any atom is 0.246 e. The smallest absolute Gasteiger partial charge is 0.246 e. The van der Waals surface area contributed by atoms with Crippen LogP contribution in [-0.2, 0) is 4.79 Å². The number of nitrogens with zero attached hydrogens (tertiary/aromatic N) is 3. The summed E-state index contributed by atoms with van der Waals surface area (Å²) in [5.41, 5.74) is 3.10. The second-order valence-electron chi connectivity index (χ2n) is 5.16. The zero-order chi connectivity index (χ0) is 14.7. The average Bonchev–Trinajstić information content (AvgIpc) is 2.82. The van der Waals surface area contributed by atoms with Crippen LogP contribution in [0.4, 0.5) is 0 Å². The van der Waals surface area contributed by atoms with Gasteiger partial charge in [0.15, 0.2) is 0 Å². The van der Waals surface area contributed by atoms with Crippen LogP contribution in [0.5, 0.6) is 0 Å². The van der Waals surface area contributed by atoms with E-state index in [1.165, 1.54) is 0 Å². The molecule has 4 nitrogen and oxygen atoms in total. The van der Waals surface area contributed by atoms with E-state index in [-0.39, 0.29) is 11.9 Å². The van der Waals surface area contributed by atoms with E-state index in [1.807, 2.05) is 50.4 Å². The Balaban J connectivity index is 2.38. The van der Waals surface area contributed by atoms with Gasteiger partial charge in [0.1, 0.15) is 6.04 Å². The normalized spacial score (nSPS) is 12.2. The van der Waals surface area contributed by atoms with Crippen molar-refractivity contribution in [1.82, 2.24) is 14.7 Å². The standard InChI is InChI=1S/C16H21N3O/c1-5-14(16(20)18(3)4)19-11-12(2)15(17-19)13-9-7-6-8-10-13/h6-11,14H,5H2,1-4H3. The Morgan fingerprint density at radius 1 is 1.30 bits per heavy atom. The number of hydrogen-bond donors (Lipinski definition) is 0. The summed E-state index contributed by atoms with van der Waals surface area (Å²) in [5.74, 6) is 0.0783. The highest BCUT2D eigenvalue weighted by atomic mass is 16.2. The Morgan fingerprint density at radius 3 is 2.50 bits per heavy atom. The summed E-state index contributed by atoms with van der Waals surface area (Å²) >= 11 is 0. The van der Waals surface area contributed by atoms with Crippen LogP contribution in [0, 0.1) is 6.92 Å². The molecule has 0 aliphatic carbocycles. The molecule has 1 amide bonds. The lowest BCUT2D eigenvalue weighted by Crippen LogP contribution is -2.31. The van der Waals surface area contributed by atoms with Crippen molar-refractivity contribution in [3.8, 4) is 11.3 Å². The molecule has 0 bridgehead atoms. The van der Waals surface area contributed by atoms with E-state index in [2.05, 4.69) is 5.10 Å². The van der Waals surface area contributed by atoms with Gasteiger partial charge in [0.2, 0.25) is 5.91 Å². The van der Waals surface area contributed by atoms with Crippen LogP contribution in [-0.4, -0.2) is 34.7 Å². The quantitative estimate of drug-likeness (QED) is 0.857. The summed E-state index contributed by atoms with van der Waals surface area (Å²) in [7, 11) is 3.55. The number of carbonyl (C=O) groups is 1. The molecule has 0 N–H and O–H groups in total. The van der Waals surface area contributed by atoms with Gasteiger partial charge in [-0.15, -0.1) is 0 Å². The third kappa shape index (κ3) is 2.74. The van der Waals surface area contributed by atoms with Crippen molar-refractivity contribution in [3.05, 3.63) is 42.1 Å². The van der Waals surface area contributed by atoms with Crippen LogP contribution in [0.2, 0.25) is 0 Å². The topological polar surface area (TPSA) is 38.1 Å². The molecule has 20 heavy (non-hydrogen) atoms. The molecule has 106 valence electrons. The summed E-state index contributed by atoms with van der Waals surface area (Å²) in [4.78, 5) is 13.8. The van der Waals surface area contributed by atoms with Gasteiger partial charge in [-0.2, -0.15) is 5.10 Å². The van der Waals surface area contributed by atoms with E-state index < -0.39 is 0 Å². The van der Waals surface area contributed by atoms with Crippen molar-refractivity contribution in [2.24, 2.45) is 0 Å². The largest absolute Gasteiger partial charge is 0.347 e. The Labute approximate surface area is 120 Å². The van der Waals surface area contributed by atoms with Crippen LogP contribution in [0.1, 0.15) is 24.9 Å². The highest BCUT2D eigenvalue weighted by Gasteiger charge is 2.22. The lowest BCUT2D eigenvalue weighted by molar-refractivity contribution is -0.132. The van der Waals surface area contributed by atoms with Crippen molar-refractivity contribution in [1.29, 1.82) is 0 Å². The summed E-state index contributed by atoms with van der Waals surface area (Å²) in [6.07, 6.45) is 2.68. The molecule has 1 aromatic carbocycles. The maximum atomic E-state index is 12.2. The molecule has 0 saturated heterocycles. The average molecular weight is 271 g/mol. The zero-order valence-electron chi connectivity index (χ0n) is 12.5. The molecule has 1 atom stereocenters. The van der Waals surface area contributed by atoms with Crippen LogP contribution >= 0.6 is 0 Å². The predicted octanol–water partition coefficient (Wildman–Crippen LogP) is 2.90. The first-order valence-electron chi connectivity index (χ1n) is 6.87. The van der Waals surface area contributed by atoms with Crippen LogP contribution in [0.3, 0.4) is 0 Å².